The highest BCUT2D eigenvalue weighted by molar-refractivity contribution is 5.30. The minimum atomic E-state index is 0.955. The van der Waals surface area contributed by atoms with Crippen molar-refractivity contribution in [1.29, 1.82) is 0 Å². The SMILES string of the molecule is C/C=C(\C=C(C)C)NC(/C=C\Cc1ccc(C)cc1)=C/CC. The first-order chi connectivity index (χ1) is 10.5. The summed E-state index contributed by atoms with van der Waals surface area (Å²) in [7, 11) is 0. The van der Waals surface area contributed by atoms with Crippen molar-refractivity contribution in [2.45, 2.75) is 47.5 Å². The zero-order valence-electron chi connectivity index (χ0n) is 14.6. The van der Waals surface area contributed by atoms with Crippen LogP contribution in [0.3, 0.4) is 0 Å². The first-order valence-electron chi connectivity index (χ1n) is 8.05. The van der Waals surface area contributed by atoms with Crippen molar-refractivity contribution < 1.29 is 0 Å². The van der Waals surface area contributed by atoms with E-state index in [1.54, 1.807) is 0 Å². The number of hydrogen-bond donors (Lipinski definition) is 1. The number of benzene rings is 1. The van der Waals surface area contributed by atoms with Crippen molar-refractivity contribution in [1.82, 2.24) is 5.32 Å². The molecule has 22 heavy (non-hydrogen) atoms. The van der Waals surface area contributed by atoms with Crippen LogP contribution in [0.15, 0.2) is 71.6 Å². The van der Waals surface area contributed by atoms with E-state index in [1.165, 1.54) is 16.7 Å². The van der Waals surface area contributed by atoms with Crippen molar-refractivity contribution in [3.63, 3.8) is 0 Å². The molecule has 0 saturated heterocycles. The van der Waals surface area contributed by atoms with Gasteiger partial charge in [0.25, 0.3) is 0 Å². The molecule has 0 saturated carbocycles. The van der Waals surface area contributed by atoms with Crippen molar-refractivity contribution >= 4 is 0 Å². The molecule has 0 heterocycles. The fourth-order valence-electron chi connectivity index (χ4n) is 2.10. The number of allylic oxidation sites excluding steroid dienone is 6. The van der Waals surface area contributed by atoms with Crippen molar-refractivity contribution in [2.75, 3.05) is 0 Å². The van der Waals surface area contributed by atoms with Crippen LogP contribution in [0.25, 0.3) is 0 Å². The van der Waals surface area contributed by atoms with Crippen LogP contribution in [0.1, 0.15) is 45.2 Å². The molecule has 0 unspecified atom stereocenters. The summed E-state index contributed by atoms with van der Waals surface area (Å²) in [5.74, 6) is 0. The van der Waals surface area contributed by atoms with Gasteiger partial charge in [0.1, 0.15) is 0 Å². The van der Waals surface area contributed by atoms with Crippen molar-refractivity contribution in [3.8, 4) is 0 Å². The summed E-state index contributed by atoms with van der Waals surface area (Å²) in [5, 5.41) is 3.49. The van der Waals surface area contributed by atoms with E-state index in [2.05, 4.69) is 94.6 Å². The molecule has 0 atom stereocenters. The van der Waals surface area contributed by atoms with Gasteiger partial charge in [-0.15, -0.1) is 0 Å². The lowest BCUT2D eigenvalue weighted by Gasteiger charge is -2.09. The second kappa shape index (κ2) is 9.83. The third kappa shape index (κ3) is 7.12. The molecule has 1 heteroatoms. The van der Waals surface area contributed by atoms with E-state index in [0.717, 1.165) is 24.2 Å². The zero-order valence-corrected chi connectivity index (χ0v) is 14.6. The van der Waals surface area contributed by atoms with E-state index < -0.39 is 0 Å². The quantitative estimate of drug-likeness (QED) is 0.622. The van der Waals surface area contributed by atoms with E-state index in [9.17, 15) is 0 Å². The van der Waals surface area contributed by atoms with Crippen LogP contribution in [0, 0.1) is 6.92 Å². The second-order valence-corrected chi connectivity index (χ2v) is 5.75. The molecule has 0 aromatic heterocycles. The Bertz CT molecular complexity index is 564. The Balaban J connectivity index is 2.71. The summed E-state index contributed by atoms with van der Waals surface area (Å²) in [6, 6.07) is 8.71. The maximum Gasteiger partial charge on any atom is 0.0340 e. The highest BCUT2D eigenvalue weighted by Crippen LogP contribution is 2.07. The molecule has 0 aliphatic rings. The number of hydrogen-bond acceptors (Lipinski definition) is 1. The lowest BCUT2D eigenvalue weighted by molar-refractivity contribution is 1.00. The van der Waals surface area contributed by atoms with Gasteiger partial charge in [-0.25, -0.2) is 0 Å². The van der Waals surface area contributed by atoms with Crippen molar-refractivity contribution in [3.05, 3.63) is 82.7 Å². The molecular formula is C21H29N. The normalized spacial score (nSPS) is 12.6. The minimum Gasteiger partial charge on any atom is -0.356 e. The molecule has 1 nitrogen and oxygen atoms in total. The van der Waals surface area contributed by atoms with Crippen LogP contribution in [-0.2, 0) is 6.42 Å². The third-order valence-corrected chi connectivity index (χ3v) is 3.24. The van der Waals surface area contributed by atoms with Crippen LogP contribution < -0.4 is 5.32 Å². The van der Waals surface area contributed by atoms with E-state index >= 15 is 0 Å². The Hall–Kier alpha value is -2.02. The summed E-state index contributed by atoms with van der Waals surface area (Å²) >= 11 is 0. The summed E-state index contributed by atoms with van der Waals surface area (Å²) in [6.45, 7) is 10.6. The molecule has 0 spiro atoms. The molecule has 0 fully saturated rings. The first-order valence-corrected chi connectivity index (χ1v) is 8.05. The van der Waals surface area contributed by atoms with E-state index in [0.29, 0.717) is 0 Å². The van der Waals surface area contributed by atoms with Gasteiger partial charge in [-0.3, -0.25) is 0 Å². The van der Waals surface area contributed by atoms with Gasteiger partial charge in [0.15, 0.2) is 0 Å². The average Bonchev–Trinajstić information content (AvgIpc) is 2.48. The van der Waals surface area contributed by atoms with E-state index in [1.807, 2.05) is 0 Å². The summed E-state index contributed by atoms with van der Waals surface area (Å²) in [4.78, 5) is 0. The lowest BCUT2D eigenvalue weighted by Crippen LogP contribution is -2.10. The molecule has 0 radical (unpaired) electrons. The fraction of sp³-hybridized carbons (Fsp3) is 0.333. The molecule has 118 valence electrons. The van der Waals surface area contributed by atoms with Crippen LogP contribution in [-0.4, -0.2) is 0 Å². The van der Waals surface area contributed by atoms with Gasteiger partial charge in [-0.05, 0) is 58.3 Å². The molecular weight excluding hydrogens is 266 g/mol. The maximum absolute atomic E-state index is 3.49. The predicted molar refractivity (Wildman–Crippen MR) is 98.7 cm³/mol. The highest BCUT2D eigenvalue weighted by Gasteiger charge is 1.95. The maximum atomic E-state index is 3.49. The Morgan fingerprint density at radius 2 is 1.77 bits per heavy atom. The molecule has 0 aliphatic carbocycles. The van der Waals surface area contributed by atoms with Gasteiger partial charge in [0.05, 0.1) is 0 Å². The summed E-state index contributed by atoms with van der Waals surface area (Å²) < 4.78 is 0. The first kappa shape index (κ1) is 18.0. The third-order valence-electron chi connectivity index (χ3n) is 3.24. The fourth-order valence-corrected chi connectivity index (χ4v) is 2.10. The molecule has 0 amide bonds. The van der Waals surface area contributed by atoms with Crippen molar-refractivity contribution in [2.24, 2.45) is 0 Å². The Morgan fingerprint density at radius 3 is 2.32 bits per heavy atom. The number of aryl methyl sites for hydroxylation is 1. The van der Waals surface area contributed by atoms with Crippen LogP contribution in [0.4, 0.5) is 0 Å². The monoisotopic (exact) mass is 295 g/mol. The molecule has 1 N–H and O–H groups in total. The van der Waals surface area contributed by atoms with Gasteiger partial charge >= 0.3 is 0 Å². The molecule has 1 aromatic rings. The van der Waals surface area contributed by atoms with Crippen LogP contribution in [0.5, 0.6) is 0 Å². The Kier molecular flexibility index (Phi) is 8.06. The average molecular weight is 295 g/mol. The van der Waals surface area contributed by atoms with Gasteiger partial charge in [-0.2, -0.15) is 0 Å². The molecule has 0 aliphatic heterocycles. The van der Waals surface area contributed by atoms with Gasteiger partial charge in [0.2, 0.25) is 0 Å². The molecule has 1 rings (SSSR count). The topological polar surface area (TPSA) is 12.0 Å². The molecule has 0 bridgehead atoms. The van der Waals surface area contributed by atoms with Gasteiger partial charge in [0, 0.05) is 11.4 Å². The Morgan fingerprint density at radius 1 is 1.09 bits per heavy atom. The zero-order chi connectivity index (χ0) is 16.4. The molecule has 1 aromatic carbocycles. The van der Waals surface area contributed by atoms with Gasteiger partial charge < -0.3 is 5.32 Å². The largest absolute Gasteiger partial charge is 0.356 e. The van der Waals surface area contributed by atoms with Crippen LogP contribution >= 0.6 is 0 Å². The number of nitrogens with one attached hydrogen (secondary N) is 1. The predicted octanol–water partition coefficient (Wildman–Crippen LogP) is 5.85. The smallest absolute Gasteiger partial charge is 0.0340 e. The minimum absolute atomic E-state index is 0.955. The summed E-state index contributed by atoms with van der Waals surface area (Å²) in [5.41, 5.74) is 6.23. The Labute approximate surface area is 136 Å². The number of rotatable bonds is 7. The van der Waals surface area contributed by atoms with E-state index in [-0.39, 0.29) is 0 Å². The lowest BCUT2D eigenvalue weighted by atomic mass is 10.1. The summed E-state index contributed by atoms with van der Waals surface area (Å²) in [6.07, 6.45) is 12.8. The second-order valence-electron chi connectivity index (χ2n) is 5.75. The van der Waals surface area contributed by atoms with Crippen LogP contribution in [0.2, 0.25) is 0 Å². The standard InChI is InChI=1S/C21H29N/c1-6-9-21(22-20(7-2)16-17(3)4)11-8-10-19-14-12-18(5)13-15-19/h7-9,11-16,22H,6,10H2,1-5H3/b11-8-,20-7+,21-9+. The van der Waals surface area contributed by atoms with E-state index in [4.69, 9.17) is 0 Å². The highest BCUT2D eigenvalue weighted by atomic mass is 14.9. The van der Waals surface area contributed by atoms with Gasteiger partial charge in [-0.1, -0.05) is 60.6 Å².